The maximum atomic E-state index is 5.39. The van der Waals surface area contributed by atoms with Gasteiger partial charge in [-0.1, -0.05) is 25.0 Å². The molecule has 1 saturated heterocycles. The first-order valence-corrected chi connectivity index (χ1v) is 11.6. The lowest BCUT2D eigenvalue weighted by atomic mass is 10.0. The van der Waals surface area contributed by atoms with Crippen molar-refractivity contribution < 1.29 is 4.74 Å². The Bertz CT molecular complexity index is 977. The number of tetrazole rings is 1. The molecule has 1 atom stereocenters. The minimum atomic E-state index is 0.0413. The van der Waals surface area contributed by atoms with Crippen molar-refractivity contribution in [3.8, 4) is 5.75 Å². The van der Waals surface area contributed by atoms with Crippen LogP contribution in [0.2, 0.25) is 0 Å². The van der Waals surface area contributed by atoms with Crippen molar-refractivity contribution in [1.82, 2.24) is 35.0 Å². The molecule has 32 heavy (non-hydrogen) atoms. The third kappa shape index (κ3) is 4.52. The topological polar surface area (TPSA) is 72.2 Å². The van der Waals surface area contributed by atoms with E-state index >= 15 is 0 Å². The zero-order valence-corrected chi connectivity index (χ0v) is 18.7. The molecule has 8 nitrogen and oxygen atoms in total. The van der Waals surface area contributed by atoms with Crippen molar-refractivity contribution in [3.05, 3.63) is 65.7 Å². The van der Waals surface area contributed by atoms with Crippen LogP contribution in [0.4, 0.5) is 0 Å². The van der Waals surface area contributed by atoms with E-state index in [-0.39, 0.29) is 6.04 Å². The molecule has 1 aliphatic carbocycles. The van der Waals surface area contributed by atoms with E-state index < -0.39 is 0 Å². The number of piperazine rings is 1. The number of aromatic nitrogens is 5. The van der Waals surface area contributed by atoms with Gasteiger partial charge >= 0.3 is 0 Å². The van der Waals surface area contributed by atoms with Gasteiger partial charge in [0.25, 0.3) is 0 Å². The molecule has 5 rings (SSSR count). The van der Waals surface area contributed by atoms with Gasteiger partial charge in [0.15, 0.2) is 5.82 Å². The summed E-state index contributed by atoms with van der Waals surface area (Å²) in [6, 6.07) is 13.0. The summed E-state index contributed by atoms with van der Waals surface area (Å²) in [5.41, 5.74) is 2.52. The second-order valence-electron chi connectivity index (χ2n) is 8.76. The third-order valence-electron chi connectivity index (χ3n) is 6.79. The molecule has 0 unspecified atom stereocenters. The largest absolute Gasteiger partial charge is 0.497 e. The van der Waals surface area contributed by atoms with Gasteiger partial charge in [-0.3, -0.25) is 14.8 Å². The maximum Gasteiger partial charge on any atom is 0.173 e. The van der Waals surface area contributed by atoms with Crippen LogP contribution >= 0.6 is 0 Å². The van der Waals surface area contributed by atoms with Gasteiger partial charge in [-0.25, -0.2) is 4.68 Å². The predicted octanol–water partition coefficient (Wildman–Crippen LogP) is 3.10. The van der Waals surface area contributed by atoms with Crippen molar-refractivity contribution in [3.63, 3.8) is 0 Å². The van der Waals surface area contributed by atoms with Gasteiger partial charge in [-0.2, -0.15) is 0 Å². The Morgan fingerprint density at radius 1 is 0.969 bits per heavy atom. The second-order valence-corrected chi connectivity index (χ2v) is 8.76. The quantitative estimate of drug-likeness (QED) is 0.567. The monoisotopic (exact) mass is 433 g/mol. The van der Waals surface area contributed by atoms with E-state index in [1.54, 1.807) is 7.11 Å². The van der Waals surface area contributed by atoms with Crippen molar-refractivity contribution >= 4 is 0 Å². The first kappa shape index (κ1) is 21.0. The number of benzene rings is 1. The highest BCUT2D eigenvalue weighted by Gasteiger charge is 2.33. The number of methoxy groups -OCH3 is 1. The summed E-state index contributed by atoms with van der Waals surface area (Å²) in [7, 11) is 1.70. The van der Waals surface area contributed by atoms with Gasteiger partial charge in [-0.15, -0.1) is 5.10 Å². The van der Waals surface area contributed by atoms with E-state index in [0.29, 0.717) is 6.04 Å². The highest BCUT2D eigenvalue weighted by atomic mass is 16.5. The molecular weight excluding hydrogens is 402 g/mol. The number of rotatable bonds is 7. The van der Waals surface area contributed by atoms with Crippen LogP contribution < -0.4 is 4.74 Å². The Hall–Kier alpha value is -2.84. The van der Waals surface area contributed by atoms with E-state index in [1.165, 1.54) is 24.0 Å². The SMILES string of the molecule is COc1ccc([C@H](c2nnnn2C2CCCC2)N2CCN(Cc3ccncc3)CC2)cc1. The molecular formula is C24H31N7O. The minimum absolute atomic E-state index is 0.0413. The van der Waals surface area contributed by atoms with Gasteiger partial charge in [0, 0.05) is 45.1 Å². The van der Waals surface area contributed by atoms with E-state index in [1.807, 2.05) is 24.5 Å². The van der Waals surface area contributed by atoms with Crippen molar-refractivity contribution in [2.75, 3.05) is 33.3 Å². The van der Waals surface area contributed by atoms with E-state index in [2.05, 4.69) is 59.3 Å². The molecule has 1 aromatic carbocycles. The molecule has 2 aromatic heterocycles. The number of ether oxygens (including phenoxy) is 1. The normalized spacial score (nSPS) is 19.3. The number of hydrogen-bond acceptors (Lipinski definition) is 7. The van der Waals surface area contributed by atoms with Crippen LogP contribution in [-0.4, -0.2) is 68.3 Å². The summed E-state index contributed by atoms with van der Waals surface area (Å²) in [5.74, 6) is 1.83. The Morgan fingerprint density at radius 3 is 2.38 bits per heavy atom. The average molecular weight is 434 g/mol. The average Bonchev–Trinajstić information content (AvgIpc) is 3.54. The Labute approximate surface area is 189 Å². The smallest absolute Gasteiger partial charge is 0.173 e. The predicted molar refractivity (Wildman–Crippen MR) is 121 cm³/mol. The molecule has 8 heteroatoms. The minimum Gasteiger partial charge on any atom is -0.497 e. The van der Waals surface area contributed by atoms with Gasteiger partial charge in [0.05, 0.1) is 19.2 Å². The number of nitrogens with zero attached hydrogens (tertiary/aromatic N) is 7. The highest BCUT2D eigenvalue weighted by Crippen LogP contribution is 2.35. The van der Waals surface area contributed by atoms with Crippen LogP contribution in [0.1, 0.15) is 54.7 Å². The fourth-order valence-corrected chi connectivity index (χ4v) is 5.02. The van der Waals surface area contributed by atoms with Gasteiger partial charge < -0.3 is 4.74 Å². The van der Waals surface area contributed by atoms with Crippen LogP contribution in [0.15, 0.2) is 48.8 Å². The van der Waals surface area contributed by atoms with Gasteiger partial charge in [0.2, 0.25) is 0 Å². The van der Waals surface area contributed by atoms with Crippen molar-refractivity contribution in [1.29, 1.82) is 0 Å². The zero-order valence-electron chi connectivity index (χ0n) is 18.7. The van der Waals surface area contributed by atoms with Gasteiger partial charge in [-0.05, 0) is 58.7 Å². The molecule has 0 radical (unpaired) electrons. The highest BCUT2D eigenvalue weighted by molar-refractivity contribution is 5.32. The lowest BCUT2D eigenvalue weighted by molar-refractivity contribution is 0.0993. The van der Waals surface area contributed by atoms with Crippen LogP contribution in [0.5, 0.6) is 5.75 Å². The standard InChI is InChI=1S/C24H31N7O/c1-32-22-8-6-20(7-9-22)23(24-26-27-28-31(24)21-4-2-3-5-21)30-16-14-29(15-17-30)18-19-10-12-25-13-11-19/h6-13,21,23H,2-5,14-18H2,1H3/t23-/m1/s1. The fourth-order valence-electron chi connectivity index (χ4n) is 5.02. The fraction of sp³-hybridized carbons (Fsp3) is 0.500. The van der Waals surface area contributed by atoms with Gasteiger partial charge in [0.1, 0.15) is 5.75 Å². The Balaban J connectivity index is 1.38. The Kier molecular flexibility index (Phi) is 6.41. The van der Waals surface area contributed by atoms with Crippen LogP contribution in [0.3, 0.4) is 0 Å². The maximum absolute atomic E-state index is 5.39. The van der Waals surface area contributed by atoms with E-state index in [0.717, 1.165) is 57.1 Å². The van der Waals surface area contributed by atoms with E-state index in [9.17, 15) is 0 Å². The van der Waals surface area contributed by atoms with Crippen molar-refractivity contribution in [2.45, 2.75) is 44.3 Å². The summed E-state index contributed by atoms with van der Waals surface area (Å²) in [6.07, 6.45) is 8.57. The third-order valence-corrected chi connectivity index (χ3v) is 6.79. The molecule has 2 aliphatic rings. The molecule has 0 amide bonds. The molecule has 0 bridgehead atoms. The second kappa shape index (κ2) is 9.75. The molecule has 0 spiro atoms. The summed E-state index contributed by atoms with van der Waals surface area (Å²) < 4.78 is 7.49. The first-order chi connectivity index (χ1) is 15.8. The molecule has 3 heterocycles. The van der Waals surface area contributed by atoms with Crippen LogP contribution in [0, 0.1) is 0 Å². The lowest BCUT2D eigenvalue weighted by Gasteiger charge is -2.39. The summed E-state index contributed by atoms with van der Waals surface area (Å²) in [5, 5.41) is 13.1. The molecule has 168 valence electrons. The van der Waals surface area contributed by atoms with E-state index in [4.69, 9.17) is 4.74 Å². The number of hydrogen-bond donors (Lipinski definition) is 0. The molecule has 3 aromatic rings. The number of pyridine rings is 1. The summed E-state index contributed by atoms with van der Waals surface area (Å²) >= 11 is 0. The molecule has 0 N–H and O–H groups in total. The molecule has 1 aliphatic heterocycles. The summed E-state index contributed by atoms with van der Waals surface area (Å²) in [6.45, 7) is 4.93. The molecule has 1 saturated carbocycles. The van der Waals surface area contributed by atoms with Crippen LogP contribution in [-0.2, 0) is 6.54 Å². The lowest BCUT2D eigenvalue weighted by Crippen LogP contribution is -2.48. The summed E-state index contributed by atoms with van der Waals surface area (Å²) in [4.78, 5) is 9.17. The first-order valence-electron chi connectivity index (χ1n) is 11.6. The zero-order chi connectivity index (χ0) is 21.8. The Morgan fingerprint density at radius 2 is 1.69 bits per heavy atom. The van der Waals surface area contributed by atoms with Crippen molar-refractivity contribution in [2.24, 2.45) is 0 Å². The molecule has 2 fully saturated rings. The van der Waals surface area contributed by atoms with Crippen LogP contribution in [0.25, 0.3) is 0 Å².